The fourth-order valence-electron chi connectivity index (χ4n) is 6.63. The summed E-state index contributed by atoms with van der Waals surface area (Å²) in [6.45, 7) is 6.98. The lowest BCUT2D eigenvalue weighted by Gasteiger charge is -2.53. The number of Topliss-reactive ketones (excluding diaryl/α,β-unsaturated/α-hetero) is 1. The lowest BCUT2D eigenvalue weighted by molar-refractivity contribution is -0.149. The molecule has 23 heavy (non-hydrogen) atoms. The third kappa shape index (κ3) is 1.52. The summed E-state index contributed by atoms with van der Waals surface area (Å²) >= 11 is 0. The van der Waals surface area contributed by atoms with E-state index in [2.05, 4.69) is 32.9 Å². The number of hydrogen-bond donors (Lipinski definition) is 0. The van der Waals surface area contributed by atoms with E-state index in [9.17, 15) is 4.79 Å². The molecule has 3 aliphatic carbocycles. The van der Waals surface area contributed by atoms with Crippen LogP contribution in [0.3, 0.4) is 0 Å². The van der Waals surface area contributed by atoms with Gasteiger partial charge in [-0.15, -0.1) is 0 Å². The molecule has 2 bridgehead atoms. The van der Waals surface area contributed by atoms with Crippen LogP contribution in [0.4, 0.5) is 0 Å². The van der Waals surface area contributed by atoms with Crippen LogP contribution in [0.2, 0.25) is 0 Å². The SMILES string of the molecule is CC1CCC23CCC4(O2)C(=CCC2(C)C(=O)CCC24)C=C3C1C. The summed E-state index contributed by atoms with van der Waals surface area (Å²) in [5.74, 6) is 2.25. The summed E-state index contributed by atoms with van der Waals surface area (Å²) in [6.07, 6.45) is 12.3. The molecular weight excluding hydrogens is 284 g/mol. The molecule has 6 unspecified atom stereocenters. The maximum atomic E-state index is 12.6. The van der Waals surface area contributed by atoms with Crippen molar-refractivity contribution in [3.63, 3.8) is 0 Å². The zero-order valence-electron chi connectivity index (χ0n) is 14.7. The van der Waals surface area contributed by atoms with Crippen LogP contribution in [-0.4, -0.2) is 17.0 Å². The Morgan fingerprint density at radius 1 is 1.17 bits per heavy atom. The predicted octanol–water partition coefficient (Wildman–Crippen LogP) is 4.60. The van der Waals surface area contributed by atoms with Crippen LogP contribution >= 0.6 is 0 Å². The minimum absolute atomic E-state index is 0.00679. The van der Waals surface area contributed by atoms with Crippen LogP contribution < -0.4 is 0 Å². The normalized spacial score (nSPS) is 54.0. The van der Waals surface area contributed by atoms with Gasteiger partial charge in [0.1, 0.15) is 5.78 Å². The van der Waals surface area contributed by atoms with E-state index in [0.29, 0.717) is 17.6 Å². The Morgan fingerprint density at radius 3 is 2.83 bits per heavy atom. The highest BCUT2D eigenvalue weighted by Crippen LogP contribution is 2.66. The summed E-state index contributed by atoms with van der Waals surface area (Å²) < 4.78 is 7.04. The van der Waals surface area contributed by atoms with E-state index >= 15 is 0 Å². The fraction of sp³-hybridized carbons (Fsp3) is 0.762. The minimum Gasteiger partial charge on any atom is -0.359 e. The zero-order valence-corrected chi connectivity index (χ0v) is 14.7. The third-order valence-corrected chi connectivity index (χ3v) is 8.33. The van der Waals surface area contributed by atoms with E-state index in [1.807, 2.05) is 0 Å². The first-order chi connectivity index (χ1) is 10.9. The molecule has 1 saturated heterocycles. The van der Waals surface area contributed by atoms with Gasteiger partial charge in [0.25, 0.3) is 0 Å². The highest BCUT2D eigenvalue weighted by molar-refractivity contribution is 5.88. The zero-order chi connectivity index (χ0) is 16.0. The topological polar surface area (TPSA) is 26.3 Å². The monoisotopic (exact) mass is 312 g/mol. The van der Waals surface area contributed by atoms with Crippen molar-refractivity contribution in [3.05, 3.63) is 23.3 Å². The first-order valence-corrected chi connectivity index (χ1v) is 9.57. The molecule has 0 aromatic rings. The van der Waals surface area contributed by atoms with Crippen LogP contribution in [0.15, 0.2) is 23.3 Å². The molecule has 3 fully saturated rings. The largest absolute Gasteiger partial charge is 0.359 e. The lowest BCUT2D eigenvalue weighted by atomic mass is 9.60. The molecule has 124 valence electrons. The Bertz CT molecular complexity index is 659. The van der Waals surface area contributed by atoms with Gasteiger partial charge in [0.2, 0.25) is 0 Å². The van der Waals surface area contributed by atoms with Crippen LogP contribution in [0.1, 0.15) is 65.7 Å². The van der Waals surface area contributed by atoms with Gasteiger partial charge in [0.05, 0.1) is 11.2 Å². The second-order valence-corrected chi connectivity index (χ2v) is 9.19. The molecule has 2 aliphatic heterocycles. The second-order valence-electron chi connectivity index (χ2n) is 9.19. The molecule has 0 radical (unpaired) electrons. The van der Waals surface area contributed by atoms with E-state index in [4.69, 9.17) is 4.74 Å². The lowest BCUT2D eigenvalue weighted by Crippen LogP contribution is -2.54. The summed E-state index contributed by atoms with van der Waals surface area (Å²) in [7, 11) is 0. The Morgan fingerprint density at radius 2 is 2.00 bits per heavy atom. The smallest absolute Gasteiger partial charge is 0.139 e. The number of fused-ring (bicyclic) bond motifs is 1. The van der Waals surface area contributed by atoms with Gasteiger partial charge in [0, 0.05) is 17.8 Å². The van der Waals surface area contributed by atoms with E-state index in [1.54, 1.807) is 5.57 Å². The number of carbonyl (C=O) groups is 1. The van der Waals surface area contributed by atoms with Crippen LogP contribution in [0, 0.1) is 23.2 Å². The average Bonchev–Trinajstić information content (AvgIpc) is 3.01. The van der Waals surface area contributed by atoms with Gasteiger partial charge >= 0.3 is 0 Å². The molecule has 2 heterocycles. The van der Waals surface area contributed by atoms with Gasteiger partial charge < -0.3 is 4.74 Å². The molecule has 5 rings (SSSR count). The maximum absolute atomic E-state index is 12.6. The van der Waals surface area contributed by atoms with Crippen molar-refractivity contribution in [1.29, 1.82) is 0 Å². The Labute approximate surface area is 139 Å². The Balaban J connectivity index is 1.67. The van der Waals surface area contributed by atoms with Gasteiger partial charge in [-0.3, -0.25) is 4.79 Å². The third-order valence-electron chi connectivity index (χ3n) is 8.33. The summed E-state index contributed by atoms with van der Waals surface area (Å²) in [4.78, 5) is 12.6. The number of rotatable bonds is 0. The van der Waals surface area contributed by atoms with E-state index < -0.39 is 0 Å². The van der Waals surface area contributed by atoms with Gasteiger partial charge in [-0.05, 0) is 61.5 Å². The molecule has 0 N–H and O–H groups in total. The summed E-state index contributed by atoms with van der Waals surface area (Å²) in [5, 5.41) is 0. The predicted molar refractivity (Wildman–Crippen MR) is 90.0 cm³/mol. The van der Waals surface area contributed by atoms with Crippen molar-refractivity contribution in [2.45, 2.75) is 76.9 Å². The molecule has 6 atom stereocenters. The van der Waals surface area contributed by atoms with Crippen molar-refractivity contribution in [2.24, 2.45) is 23.2 Å². The molecule has 0 aromatic carbocycles. The fourth-order valence-corrected chi connectivity index (χ4v) is 6.63. The number of ketones is 1. The van der Waals surface area contributed by atoms with Gasteiger partial charge in [-0.1, -0.05) is 32.9 Å². The van der Waals surface area contributed by atoms with Crippen molar-refractivity contribution < 1.29 is 9.53 Å². The van der Waals surface area contributed by atoms with Crippen molar-refractivity contribution in [2.75, 3.05) is 0 Å². The van der Waals surface area contributed by atoms with Gasteiger partial charge in [-0.25, -0.2) is 0 Å². The Kier molecular flexibility index (Phi) is 2.64. The van der Waals surface area contributed by atoms with Crippen LogP contribution in [0.5, 0.6) is 0 Å². The molecule has 0 amide bonds. The first-order valence-electron chi connectivity index (χ1n) is 9.57. The highest BCUT2D eigenvalue weighted by Gasteiger charge is 2.66. The van der Waals surface area contributed by atoms with E-state index in [1.165, 1.54) is 18.4 Å². The Hall–Kier alpha value is -0.890. The summed E-state index contributed by atoms with van der Waals surface area (Å²) in [6, 6.07) is 0. The molecule has 2 spiro atoms. The van der Waals surface area contributed by atoms with Gasteiger partial charge in [-0.2, -0.15) is 0 Å². The average molecular weight is 312 g/mol. The quantitative estimate of drug-likeness (QED) is 0.653. The molecular formula is C21H28O2. The molecule has 2 saturated carbocycles. The number of allylic oxidation sites excluding steroid dienone is 1. The number of carbonyl (C=O) groups excluding carboxylic acids is 1. The maximum Gasteiger partial charge on any atom is 0.139 e. The van der Waals surface area contributed by atoms with E-state index in [0.717, 1.165) is 38.0 Å². The van der Waals surface area contributed by atoms with Crippen molar-refractivity contribution >= 4 is 5.78 Å². The first kappa shape index (κ1) is 14.5. The van der Waals surface area contributed by atoms with Crippen LogP contribution in [-0.2, 0) is 9.53 Å². The molecule has 2 heteroatoms. The second kappa shape index (κ2) is 4.20. The summed E-state index contributed by atoms with van der Waals surface area (Å²) in [5.41, 5.74) is 2.65. The molecule has 2 nitrogen and oxygen atoms in total. The van der Waals surface area contributed by atoms with Crippen molar-refractivity contribution in [1.82, 2.24) is 0 Å². The highest BCUT2D eigenvalue weighted by atomic mass is 16.5. The van der Waals surface area contributed by atoms with Crippen molar-refractivity contribution in [3.8, 4) is 0 Å². The van der Waals surface area contributed by atoms with E-state index in [-0.39, 0.29) is 16.6 Å². The minimum atomic E-state index is -0.173. The number of ether oxygens (including phenoxy) is 1. The standard InChI is InChI=1S/C21H28O2/c1-13-6-9-20-10-11-21(23-20)15(12-16(20)14(13)2)7-8-19(3)17(21)4-5-18(19)22/h7,12-14,17H,4-6,8-11H2,1-3H3. The molecule has 0 aromatic heterocycles. The molecule has 5 aliphatic rings. The van der Waals surface area contributed by atoms with Gasteiger partial charge in [0.15, 0.2) is 0 Å². The van der Waals surface area contributed by atoms with Crippen LogP contribution in [0.25, 0.3) is 0 Å². The number of hydrogen-bond acceptors (Lipinski definition) is 2.